The molecule has 28 heavy (non-hydrogen) atoms. The number of nitrogens with zero attached hydrogens (tertiary/aromatic N) is 4. The van der Waals surface area contributed by atoms with Crippen molar-refractivity contribution >= 4 is 32.8 Å². The van der Waals surface area contributed by atoms with Crippen LogP contribution in [0.4, 0.5) is 11.5 Å². The second kappa shape index (κ2) is 6.83. The summed E-state index contributed by atoms with van der Waals surface area (Å²) in [5, 5.41) is 12.6. The Bertz CT molecular complexity index is 1280. The van der Waals surface area contributed by atoms with E-state index in [1.807, 2.05) is 30.3 Å². The molecule has 0 unspecified atom stereocenters. The number of fused-ring (bicyclic) bond motifs is 1. The smallest absolute Gasteiger partial charge is 0.298 e. The predicted octanol–water partition coefficient (Wildman–Crippen LogP) is 2.78. The van der Waals surface area contributed by atoms with E-state index >= 15 is 0 Å². The fourth-order valence-corrected chi connectivity index (χ4v) is 3.22. The monoisotopic (exact) mass is 395 g/mol. The molecule has 3 N–H and O–H groups in total. The maximum Gasteiger partial charge on any atom is 0.298 e. The van der Waals surface area contributed by atoms with Gasteiger partial charge >= 0.3 is 0 Å². The Labute approximate surface area is 159 Å². The molecule has 0 bridgehead atoms. The number of aromatic hydroxyl groups is 1. The highest BCUT2D eigenvalue weighted by atomic mass is 32.2. The molecule has 0 aliphatic heterocycles. The molecule has 2 aromatic carbocycles. The zero-order chi connectivity index (χ0) is 19.7. The van der Waals surface area contributed by atoms with Crippen molar-refractivity contribution in [3.63, 3.8) is 0 Å². The van der Waals surface area contributed by atoms with Crippen molar-refractivity contribution in [1.29, 1.82) is 0 Å². The molecule has 2 aromatic heterocycles. The van der Waals surface area contributed by atoms with E-state index in [0.717, 1.165) is 17.7 Å². The molecule has 0 spiro atoms. The van der Waals surface area contributed by atoms with Gasteiger partial charge in [0.1, 0.15) is 17.0 Å². The molecule has 0 saturated heterocycles. The van der Waals surface area contributed by atoms with Crippen LogP contribution in [0.1, 0.15) is 0 Å². The van der Waals surface area contributed by atoms with Crippen LogP contribution in [-0.4, -0.2) is 38.0 Å². The SMILES string of the molecule is O=S(=O)(O)c1cc(Nc2ncnc3ncc(-c4ccccc4)nc23)ccc1O. The first-order valence-electron chi connectivity index (χ1n) is 8.02. The molecule has 0 radical (unpaired) electrons. The Morgan fingerprint density at radius 2 is 1.75 bits per heavy atom. The molecule has 0 fully saturated rings. The Balaban J connectivity index is 1.79. The fraction of sp³-hybridized carbons (Fsp3) is 0. The summed E-state index contributed by atoms with van der Waals surface area (Å²) in [7, 11) is -4.58. The highest BCUT2D eigenvalue weighted by Gasteiger charge is 2.17. The maximum atomic E-state index is 11.4. The van der Waals surface area contributed by atoms with E-state index in [1.54, 1.807) is 6.20 Å². The molecule has 4 aromatic rings. The van der Waals surface area contributed by atoms with E-state index in [9.17, 15) is 18.1 Å². The Morgan fingerprint density at radius 3 is 2.50 bits per heavy atom. The molecule has 9 nitrogen and oxygen atoms in total. The third kappa shape index (κ3) is 3.46. The zero-order valence-electron chi connectivity index (χ0n) is 14.2. The largest absolute Gasteiger partial charge is 0.506 e. The fourth-order valence-electron chi connectivity index (χ4n) is 2.61. The van der Waals surface area contributed by atoms with Crippen LogP contribution in [-0.2, 0) is 10.1 Å². The quantitative estimate of drug-likeness (QED) is 0.351. The summed E-state index contributed by atoms with van der Waals surface area (Å²) >= 11 is 0. The van der Waals surface area contributed by atoms with Crippen LogP contribution in [0.2, 0.25) is 0 Å². The summed E-state index contributed by atoms with van der Waals surface area (Å²) in [6.07, 6.45) is 2.90. The summed E-state index contributed by atoms with van der Waals surface area (Å²) in [6, 6.07) is 13.1. The van der Waals surface area contributed by atoms with Gasteiger partial charge < -0.3 is 10.4 Å². The zero-order valence-corrected chi connectivity index (χ0v) is 15.0. The van der Waals surface area contributed by atoms with Crippen molar-refractivity contribution in [2.24, 2.45) is 0 Å². The van der Waals surface area contributed by atoms with E-state index in [1.165, 1.54) is 12.4 Å². The van der Waals surface area contributed by atoms with E-state index < -0.39 is 20.8 Å². The summed E-state index contributed by atoms with van der Waals surface area (Å²) in [6.45, 7) is 0. The topological polar surface area (TPSA) is 138 Å². The van der Waals surface area contributed by atoms with Gasteiger partial charge in [-0.2, -0.15) is 8.42 Å². The van der Waals surface area contributed by atoms with Gasteiger partial charge in [0.25, 0.3) is 10.1 Å². The highest BCUT2D eigenvalue weighted by Crippen LogP contribution is 2.29. The lowest BCUT2D eigenvalue weighted by atomic mass is 10.2. The molecule has 2 heterocycles. The first-order chi connectivity index (χ1) is 13.4. The Morgan fingerprint density at radius 1 is 0.964 bits per heavy atom. The van der Waals surface area contributed by atoms with Crippen molar-refractivity contribution in [3.8, 4) is 17.0 Å². The van der Waals surface area contributed by atoms with Crippen LogP contribution in [0.25, 0.3) is 22.4 Å². The van der Waals surface area contributed by atoms with Crippen LogP contribution >= 0.6 is 0 Å². The van der Waals surface area contributed by atoms with Gasteiger partial charge in [0.15, 0.2) is 17.0 Å². The lowest BCUT2D eigenvalue weighted by Gasteiger charge is -2.10. The van der Waals surface area contributed by atoms with Crippen molar-refractivity contribution < 1.29 is 18.1 Å². The normalized spacial score (nSPS) is 11.5. The molecule has 10 heteroatoms. The third-order valence-corrected chi connectivity index (χ3v) is 4.80. The molecular weight excluding hydrogens is 382 g/mol. The molecular formula is C18H13N5O4S. The Hall–Kier alpha value is -3.63. The molecule has 0 aliphatic rings. The lowest BCUT2D eigenvalue weighted by molar-refractivity contribution is 0.443. The van der Waals surface area contributed by atoms with Gasteiger partial charge in [-0.25, -0.2) is 19.9 Å². The van der Waals surface area contributed by atoms with Gasteiger partial charge in [-0.1, -0.05) is 30.3 Å². The van der Waals surface area contributed by atoms with E-state index in [-0.39, 0.29) is 5.69 Å². The molecule has 0 aliphatic carbocycles. The molecule has 0 saturated carbocycles. The number of phenolic OH excluding ortho intramolecular Hbond substituents is 1. The maximum absolute atomic E-state index is 11.4. The molecule has 4 rings (SSSR count). The minimum atomic E-state index is -4.58. The first-order valence-corrected chi connectivity index (χ1v) is 9.46. The van der Waals surface area contributed by atoms with Crippen LogP contribution in [0.15, 0.2) is 66.0 Å². The minimum Gasteiger partial charge on any atom is -0.506 e. The number of nitrogens with one attached hydrogen (secondary N) is 1. The first kappa shape index (κ1) is 17.8. The van der Waals surface area contributed by atoms with Crippen LogP contribution in [0.5, 0.6) is 5.75 Å². The van der Waals surface area contributed by atoms with Crippen molar-refractivity contribution in [1.82, 2.24) is 19.9 Å². The average molecular weight is 395 g/mol. The summed E-state index contributed by atoms with van der Waals surface area (Å²) in [5.41, 5.74) is 2.49. The van der Waals surface area contributed by atoms with Gasteiger partial charge in [-0.05, 0) is 18.2 Å². The van der Waals surface area contributed by atoms with Crippen LogP contribution < -0.4 is 5.32 Å². The predicted molar refractivity (Wildman–Crippen MR) is 102 cm³/mol. The van der Waals surface area contributed by atoms with Crippen molar-refractivity contribution in [2.45, 2.75) is 4.90 Å². The summed E-state index contributed by atoms with van der Waals surface area (Å²) in [5.74, 6) is -0.269. The average Bonchev–Trinajstić information content (AvgIpc) is 2.69. The molecule has 140 valence electrons. The highest BCUT2D eigenvalue weighted by molar-refractivity contribution is 7.86. The lowest BCUT2D eigenvalue weighted by Crippen LogP contribution is -2.02. The van der Waals surface area contributed by atoms with Gasteiger partial charge in [0.2, 0.25) is 0 Å². The molecule has 0 atom stereocenters. The second-order valence-electron chi connectivity index (χ2n) is 5.80. The van der Waals surface area contributed by atoms with Crippen LogP contribution in [0.3, 0.4) is 0 Å². The third-order valence-electron chi connectivity index (χ3n) is 3.91. The van der Waals surface area contributed by atoms with E-state index in [0.29, 0.717) is 22.7 Å². The van der Waals surface area contributed by atoms with Gasteiger partial charge in [-0.3, -0.25) is 4.55 Å². The summed E-state index contributed by atoms with van der Waals surface area (Å²) in [4.78, 5) is 16.5. The van der Waals surface area contributed by atoms with Crippen molar-refractivity contribution in [2.75, 3.05) is 5.32 Å². The standard InChI is InChI=1S/C18H13N5O4S/c24-14-7-6-12(8-15(14)28(25,26)27)22-18-16-17(20-10-21-18)19-9-13(23-16)11-4-2-1-3-5-11/h1-10,24H,(H,25,26,27)(H,19,20,21,22). The number of anilines is 2. The van der Waals surface area contributed by atoms with E-state index in [2.05, 4.69) is 25.3 Å². The number of phenols is 1. The number of hydrogen-bond acceptors (Lipinski definition) is 8. The minimum absolute atomic E-state index is 0.275. The van der Waals surface area contributed by atoms with Crippen LogP contribution in [0, 0.1) is 0 Å². The van der Waals surface area contributed by atoms with Gasteiger partial charge in [-0.15, -0.1) is 0 Å². The van der Waals surface area contributed by atoms with E-state index in [4.69, 9.17) is 0 Å². The molecule has 0 amide bonds. The second-order valence-corrected chi connectivity index (χ2v) is 7.19. The van der Waals surface area contributed by atoms with Gasteiger partial charge in [0, 0.05) is 11.3 Å². The summed E-state index contributed by atoms with van der Waals surface area (Å²) < 4.78 is 32.0. The number of aromatic nitrogens is 4. The van der Waals surface area contributed by atoms with Gasteiger partial charge in [0.05, 0.1) is 11.9 Å². The number of benzene rings is 2. The number of hydrogen-bond donors (Lipinski definition) is 3. The Kier molecular flexibility index (Phi) is 4.34. The number of rotatable bonds is 4. The van der Waals surface area contributed by atoms with Crippen molar-refractivity contribution in [3.05, 3.63) is 61.1 Å².